The molecule has 1 fully saturated rings. The lowest BCUT2D eigenvalue weighted by atomic mass is 10.0. The number of carbonyl (C=O) groups excluding carboxylic acids is 2. The van der Waals surface area contributed by atoms with Gasteiger partial charge in [-0.15, -0.1) is 0 Å². The number of benzene rings is 2. The number of carbonyl (C=O) groups is 2. The fraction of sp³-hybridized carbons (Fsp3) is 0.364. The third-order valence-corrected chi connectivity index (χ3v) is 5.11. The third kappa shape index (κ3) is 5.66. The lowest BCUT2D eigenvalue weighted by molar-refractivity contribution is -0.892. The van der Waals surface area contributed by atoms with Crippen molar-refractivity contribution in [2.24, 2.45) is 0 Å². The number of Topliss-reactive ketones (excluding diaryl/α,β-unsaturated/α-hetero) is 1. The minimum atomic E-state index is -0.454. The minimum absolute atomic E-state index is 0.00361. The average molecular weight is 366 g/mol. The zero-order chi connectivity index (χ0) is 19.1. The second-order valence-corrected chi connectivity index (χ2v) is 7.17. The lowest BCUT2D eigenvalue weighted by Gasteiger charge is -2.33. The Balaban J connectivity index is 1.48. The number of nitrogens with one attached hydrogen (secondary N) is 2. The molecule has 1 amide bonds. The molecule has 3 rings (SSSR count). The monoisotopic (exact) mass is 366 g/mol. The molecule has 2 N–H and O–H groups in total. The molecule has 142 valence electrons. The van der Waals surface area contributed by atoms with E-state index in [0.29, 0.717) is 13.0 Å². The van der Waals surface area contributed by atoms with E-state index in [0.717, 1.165) is 31.7 Å². The van der Waals surface area contributed by atoms with Gasteiger partial charge in [-0.3, -0.25) is 9.59 Å². The summed E-state index contributed by atoms with van der Waals surface area (Å²) in [6.45, 7) is 5.68. The van der Waals surface area contributed by atoms with Gasteiger partial charge >= 0.3 is 0 Å². The van der Waals surface area contributed by atoms with Crippen molar-refractivity contribution in [1.29, 1.82) is 0 Å². The van der Waals surface area contributed by atoms with Gasteiger partial charge in [0.1, 0.15) is 0 Å². The van der Waals surface area contributed by atoms with Gasteiger partial charge in [0.05, 0.1) is 32.2 Å². The summed E-state index contributed by atoms with van der Waals surface area (Å²) in [5.41, 5.74) is 2.29. The number of ketones is 1. The second-order valence-electron chi connectivity index (χ2n) is 7.17. The Morgan fingerprint density at radius 2 is 1.59 bits per heavy atom. The summed E-state index contributed by atoms with van der Waals surface area (Å²) in [5, 5.41) is 2.93. The first-order valence-electron chi connectivity index (χ1n) is 9.59. The van der Waals surface area contributed by atoms with E-state index in [1.165, 1.54) is 10.6 Å². The van der Waals surface area contributed by atoms with Gasteiger partial charge in [-0.2, -0.15) is 0 Å². The standard InChI is InChI=1S/C22H27N3O2/c1-18(26)21(16-19-8-4-2-5-9-19)23-22(27)17-24-12-14-25(15-13-24)20-10-6-3-7-11-20/h2-11,21H,12-17H2,1H3,(H,23,27)/p+1/t21-/m0/s1. The number of amides is 1. The van der Waals surface area contributed by atoms with Crippen LogP contribution in [0.25, 0.3) is 0 Å². The van der Waals surface area contributed by atoms with E-state index in [-0.39, 0.29) is 11.7 Å². The maximum atomic E-state index is 12.5. The van der Waals surface area contributed by atoms with Crippen LogP contribution in [-0.2, 0) is 16.0 Å². The number of piperazine rings is 1. The summed E-state index contributed by atoms with van der Waals surface area (Å²) >= 11 is 0. The van der Waals surface area contributed by atoms with Crippen LogP contribution in [0.5, 0.6) is 0 Å². The van der Waals surface area contributed by atoms with Gasteiger partial charge in [0.2, 0.25) is 0 Å². The molecule has 0 unspecified atom stereocenters. The molecule has 2 aromatic rings. The number of para-hydroxylation sites is 1. The van der Waals surface area contributed by atoms with E-state index >= 15 is 0 Å². The van der Waals surface area contributed by atoms with Crippen molar-refractivity contribution in [2.75, 3.05) is 37.6 Å². The molecule has 0 radical (unpaired) electrons. The third-order valence-electron chi connectivity index (χ3n) is 5.11. The van der Waals surface area contributed by atoms with Crippen molar-refractivity contribution in [3.8, 4) is 0 Å². The molecule has 1 atom stereocenters. The Kier molecular flexibility index (Phi) is 6.60. The molecule has 1 heterocycles. The van der Waals surface area contributed by atoms with E-state index in [2.05, 4.69) is 34.5 Å². The summed E-state index contributed by atoms with van der Waals surface area (Å²) in [5.74, 6) is -0.0506. The van der Waals surface area contributed by atoms with Crippen molar-refractivity contribution in [2.45, 2.75) is 19.4 Å². The van der Waals surface area contributed by atoms with Crippen molar-refractivity contribution >= 4 is 17.4 Å². The summed E-state index contributed by atoms with van der Waals surface area (Å²) in [7, 11) is 0. The topological polar surface area (TPSA) is 53.9 Å². The van der Waals surface area contributed by atoms with Crippen LogP contribution in [0.1, 0.15) is 12.5 Å². The summed E-state index contributed by atoms with van der Waals surface area (Å²) in [4.78, 5) is 28.0. The highest BCUT2D eigenvalue weighted by molar-refractivity contribution is 5.88. The Labute approximate surface area is 161 Å². The number of anilines is 1. The van der Waals surface area contributed by atoms with Gasteiger partial charge in [-0.25, -0.2) is 0 Å². The fourth-order valence-corrected chi connectivity index (χ4v) is 3.52. The fourth-order valence-electron chi connectivity index (χ4n) is 3.52. The van der Waals surface area contributed by atoms with Crippen LogP contribution in [0.2, 0.25) is 0 Å². The molecule has 27 heavy (non-hydrogen) atoms. The number of hydrogen-bond acceptors (Lipinski definition) is 3. The first kappa shape index (κ1) is 19.1. The zero-order valence-corrected chi connectivity index (χ0v) is 15.9. The van der Waals surface area contributed by atoms with E-state index in [9.17, 15) is 9.59 Å². The Hall–Kier alpha value is -2.66. The Morgan fingerprint density at radius 3 is 2.19 bits per heavy atom. The normalized spacial score (nSPS) is 16.0. The highest BCUT2D eigenvalue weighted by atomic mass is 16.2. The van der Waals surface area contributed by atoms with E-state index in [1.54, 1.807) is 6.92 Å². The smallest absolute Gasteiger partial charge is 0.275 e. The van der Waals surface area contributed by atoms with Crippen molar-refractivity contribution < 1.29 is 14.5 Å². The minimum Gasteiger partial charge on any atom is -0.360 e. The molecule has 5 heteroatoms. The molecule has 0 bridgehead atoms. The van der Waals surface area contributed by atoms with Crippen LogP contribution >= 0.6 is 0 Å². The maximum Gasteiger partial charge on any atom is 0.275 e. The molecule has 0 saturated carbocycles. The zero-order valence-electron chi connectivity index (χ0n) is 15.9. The average Bonchev–Trinajstić information content (AvgIpc) is 2.69. The molecule has 1 saturated heterocycles. The van der Waals surface area contributed by atoms with Crippen molar-refractivity contribution in [1.82, 2.24) is 5.32 Å². The predicted octanol–water partition coefficient (Wildman–Crippen LogP) is 0.708. The molecule has 0 aromatic heterocycles. The predicted molar refractivity (Wildman–Crippen MR) is 107 cm³/mol. The Bertz CT molecular complexity index is 741. The highest BCUT2D eigenvalue weighted by Crippen LogP contribution is 2.12. The number of hydrogen-bond donors (Lipinski definition) is 2. The largest absolute Gasteiger partial charge is 0.360 e. The van der Waals surface area contributed by atoms with Gasteiger partial charge < -0.3 is 15.1 Å². The van der Waals surface area contributed by atoms with Crippen LogP contribution < -0.4 is 15.1 Å². The van der Waals surface area contributed by atoms with Crippen molar-refractivity contribution in [3.63, 3.8) is 0 Å². The molecular formula is C22H28N3O2+. The SMILES string of the molecule is CC(=O)[C@H](Cc1ccccc1)NC(=O)C[NH+]1CCN(c2ccccc2)CC1. The van der Waals surface area contributed by atoms with E-state index in [4.69, 9.17) is 0 Å². The number of quaternary nitrogens is 1. The first-order chi connectivity index (χ1) is 13.1. The van der Waals surface area contributed by atoms with Gasteiger partial charge in [-0.1, -0.05) is 48.5 Å². The van der Waals surface area contributed by atoms with Crippen LogP contribution in [0.3, 0.4) is 0 Å². The number of rotatable bonds is 7. The first-order valence-corrected chi connectivity index (χ1v) is 9.59. The van der Waals surface area contributed by atoms with Crippen LogP contribution in [-0.4, -0.2) is 50.5 Å². The molecule has 2 aromatic carbocycles. The van der Waals surface area contributed by atoms with Gasteiger partial charge in [0.25, 0.3) is 5.91 Å². The quantitative estimate of drug-likeness (QED) is 0.759. The molecule has 0 spiro atoms. The van der Waals surface area contributed by atoms with Gasteiger partial charge in [0, 0.05) is 5.69 Å². The van der Waals surface area contributed by atoms with Crippen LogP contribution in [0, 0.1) is 0 Å². The summed E-state index contributed by atoms with van der Waals surface area (Å²) in [6.07, 6.45) is 0.541. The van der Waals surface area contributed by atoms with Gasteiger partial charge in [-0.05, 0) is 31.0 Å². The van der Waals surface area contributed by atoms with Gasteiger partial charge in [0.15, 0.2) is 12.3 Å². The summed E-state index contributed by atoms with van der Waals surface area (Å²) in [6, 6.07) is 19.7. The number of nitrogens with zero attached hydrogens (tertiary/aromatic N) is 1. The maximum absolute atomic E-state index is 12.5. The molecule has 1 aliphatic heterocycles. The van der Waals surface area contributed by atoms with Crippen molar-refractivity contribution in [3.05, 3.63) is 66.2 Å². The lowest BCUT2D eigenvalue weighted by Crippen LogP contribution is -3.16. The molecule has 1 aliphatic rings. The molecular weight excluding hydrogens is 338 g/mol. The molecule has 5 nitrogen and oxygen atoms in total. The van der Waals surface area contributed by atoms with Crippen LogP contribution in [0.4, 0.5) is 5.69 Å². The second kappa shape index (κ2) is 9.33. The van der Waals surface area contributed by atoms with E-state index in [1.807, 2.05) is 36.4 Å². The highest BCUT2D eigenvalue weighted by Gasteiger charge is 2.24. The van der Waals surface area contributed by atoms with E-state index < -0.39 is 6.04 Å². The Morgan fingerprint density at radius 1 is 1.00 bits per heavy atom. The van der Waals surface area contributed by atoms with Crippen LogP contribution in [0.15, 0.2) is 60.7 Å². The summed E-state index contributed by atoms with van der Waals surface area (Å²) < 4.78 is 0. The molecule has 0 aliphatic carbocycles.